The summed E-state index contributed by atoms with van der Waals surface area (Å²) in [6, 6.07) is 6.53. The molecule has 19 heavy (non-hydrogen) atoms. The summed E-state index contributed by atoms with van der Waals surface area (Å²) in [5, 5.41) is 30.7. The third-order valence-corrected chi connectivity index (χ3v) is 3.47. The molecule has 0 amide bonds. The van der Waals surface area contributed by atoms with E-state index in [0.717, 1.165) is 5.06 Å². The molecule has 2 rings (SSSR count). The van der Waals surface area contributed by atoms with Gasteiger partial charge in [-0.3, -0.25) is 0 Å². The van der Waals surface area contributed by atoms with Gasteiger partial charge in [0.15, 0.2) is 0 Å². The van der Waals surface area contributed by atoms with Crippen molar-refractivity contribution in [2.24, 2.45) is 0 Å². The lowest BCUT2D eigenvalue weighted by Gasteiger charge is -2.40. The summed E-state index contributed by atoms with van der Waals surface area (Å²) in [5.74, 6) is 0. The summed E-state index contributed by atoms with van der Waals surface area (Å²) < 4.78 is 0. The van der Waals surface area contributed by atoms with Gasteiger partial charge in [-0.05, 0) is 24.1 Å². The van der Waals surface area contributed by atoms with Crippen molar-refractivity contribution in [2.75, 3.05) is 13.1 Å². The van der Waals surface area contributed by atoms with Crippen LogP contribution in [0, 0.1) is 0 Å². The fourth-order valence-electron chi connectivity index (χ4n) is 2.17. The van der Waals surface area contributed by atoms with Crippen molar-refractivity contribution >= 4 is 17.8 Å². The van der Waals surface area contributed by atoms with Crippen molar-refractivity contribution in [3.63, 3.8) is 0 Å². The summed E-state index contributed by atoms with van der Waals surface area (Å²) in [4.78, 5) is 14.9. The van der Waals surface area contributed by atoms with Crippen molar-refractivity contribution in [1.82, 2.24) is 5.06 Å². The van der Waals surface area contributed by atoms with Gasteiger partial charge in [0, 0.05) is 11.6 Å². The Hall–Kier alpha value is -1.34. The number of hydroxylamine groups is 2. The molecule has 1 aliphatic rings. The molecule has 1 fully saturated rings. The number of carbonyl (C=O) groups is 1. The van der Waals surface area contributed by atoms with E-state index in [4.69, 9.17) is 16.7 Å². The monoisotopic (exact) mass is 287 g/mol. The minimum Gasteiger partial charge on any atom is -0.448 e. The highest BCUT2D eigenvalue weighted by molar-refractivity contribution is 6.30. The van der Waals surface area contributed by atoms with Crippen molar-refractivity contribution in [1.29, 1.82) is 0 Å². The Morgan fingerprint density at radius 2 is 2.05 bits per heavy atom. The van der Waals surface area contributed by atoms with E-state index in [1.807, 2.05) is 0 Å². The van der Waals surface area contributed by atoms with Crippen LogP contribution in [0.25, 0.3) is 0 Å². The number of aliphatic hydroxyl groups is 2. The lowest BCUT2D eigenvalue weighted by molar-refractivity contribution is -0.207. The molecule has 1 aromatic carbocycles. The molecule has 0 aliphatic carbocycles. The fourth-order valence-corrected chi connectivity index (χ4v) is 2.29. The maximum absolute atomic E-state index is 10.5. The zero-order valence-corrected chi connectivity index (χ0v) is 10.7. The first-order valence-corrected chi connectivity index (χ1v) is 6.12. The van der Waals surface area contributed by atoms with Crippen LogP contribution in [0.2, 0.25) is 5.02 Å². The van der Waals surface area contributed by atoms with Gasteiger partial charge in [-0.1, -0.05) is 23.7 Å². The van der Waals surface area contributed by atoms with E-state index in [2.05, 4.69) is 4.84 Å². The van der Waals surface area contributed by atoms with Crippen molar-refractivity contribution in [3.8, 4) is 0 Å². The Morgan fingerprint density at radius 3 is 2.58 bits per heavy atom. The van der Waals surface area contributed by atoms with Gasteiger partial charge in [0.2, 0.25) is 0 Å². The predicted octanol–water partition coefficient (Wildman–Crippen LogP) is 1.20. The SMILES string of the molecule is O=C(O)ON1CCC(O)(c2ccc(Cl)cc2)C(O)C1. The molecular weight excluding hydrogens is 274 g/mol. The number of halogens is 1. The smallest absolute Gasteiger partial charge is 0.448 e. The first-order valence-electron chi connectivity index (χ1n) is 5.74. The standard InChI is InChI=1S/C12H14ClNO5/c13-9-3-1-8(2-4-9)12(18)5-6-14(7-10(12)15)19-11(16)17/h1-4,10,15,18H,5-7H2,(H,16,17). The van der Waals surface area contributed by atoms with Crippen LogP contribution in [-0.2, 0) is 10.4 Å². The summed E-state index contributed by atoms with van der Waals surface area (Å²) in [7, 11) is 0. The van der Waals surface area contributed by atoms with Gasteiger partial charge in [-0.25, -0.2) is 4.79 Å². The van der Waals surface area contributed by atoms with E-state index in [1.54, 1.807) is 24.3 Å². The topological polar surface area (TPSA) is 90.2 Å². The number of hydrogen-bond donors (Lipinski definition) is 3. The molecule has 2 atom stereocenters. The van der Waals surface area contributed by atoms with Crippen LogP contribution in [0.3, 0.4) is 0 Å². The highest BCUT2D eigenvalue weighted by Gasteiger charge is 2.43. The van der Waals surface area contributed by atoms with Crippen LogP contribution < -0.4 is 0 Å². The lowest BCUT2D eigenvalue weighted by atomic mass is 9.83. The third-order valence-electron chi connectivity index (χ3n) is 3.22. The van der Waals surface area contributed by atoms with Crippen LogP contribution in [-0.4, -0.2) is 45.7 Å². The minimum atomic E-state index is -1.44. The quantitative estimate of drug-likeness (QED) is 0.757. The third kappa shape index (κ3) is 2.98. The maximum atomic E-state index is 10.5. The molecule has 3 N–H and O–H groups in total. The Balaban J connectivity index is 2.13. The number of nitrogens with zero attached hydrogens (tertiary/aromatic N) is 1. The number of benzene rings is 1. The molecule has 104 valence electrons. The molecular formula is C12H14ClNO5. The molecule has 1 saturated heterocycles. The second-order valence-electron chi connectivity index (χ2n) is 4.44. The van der Waals surface area contributed by atoms with Crippen LogP contribution in [0.1, 0.15) is 12.0 Å². The first kappa shape index (κ1) is 14.1. The predicted molar refractivity (Wildman–Crippen MR) is 66.7 cm³/mol. The minimum absolute atomic E-state index is 0.0918. The van der Waals surface area contributed by atoms with Gasteiger partial charge in [0.25, 0.3) is 0 Å². The Morgan fingerprint density at radius 1 is 1.42 bits per heavy atom. The van der Waals surface area contributed by atoms with Gasteiger partial charge in [-0.15, -0.1) is 5.06 Å². The van der Waals surface area contributed by atoms with E-state index in [9.17, 15) is 15.0 Å². The number of hydrogen-bond acceptors (Lipinski definition) is 5. The van der Waals surface area contributed by atoms with Gasteiger partial charge in [0.05, 0.1) is 6.54 Å². The summed E-state index contributed by atoms with van der Waals surface area (Å²) in [6.07, 6.45) is -2.44. The maximum Gasteiger partial charge on any atom is 0.525 e. The zero-order valence-electron chi connectivity index (χ0n) is 9.99. The second kappa shape index (κ2) is 5.34. The first-order chi connectivity index (χ1) is 8.91. The van der Waals surface area contributed by atoms with Gasteiger partial charge in [0.1, 0.15) is 11.7 Å². The normalized spacial score (nSPS) is 28.1. The average Bonchev–Trinajstić information content (AvgIpc) is 2.34. The molecule has 0 spiro atoms. The molecule has 0 radical (unpaired) electrons. The lowest BCUT2D eigenvalue weighted by Crippen LogP contribution is -2.53. The molecule has 1 aromatic rings. The number of carboxylic acid groups (broad SMARTS) is 1. The molecule has 6 nitrogen and oxygen atoms in total. The largest absolute Gasteiger partial charge is 0.525 e. The Labute approximate surface area is 114 Å². The number of β-amino-alcohol motifs (C(OH)–C–C–N with tert-alkyl or cyclic N) is 1. The summed E-state index contributed by atoms with van der Waals surface area (Å²) in [6.45, 7) is 0.105. The highest BCUT2D eigenvalue weighted by Crippen LogP contribution is 2.33. The average molecular weight is 288 g/mol. The van der Waals surface area contributed by atoms with Crippen molar-refractivity contribution in [3.05, 3.63) is 34.9 Å². The van der Waals surface area contributed by atoms with Gasteiger partial charge < -0.3 is 20.2 Å². The fraction of sp³-hybridized carbons (Fsp3) is 0.417. The van der Waals surface area contributed by atoms with E-state index in [0.29, 0.717) is 10.6 Å². The number of rotatable bonds is 2. The summed E-state index contributed by atoms with van der Waals surface area (Å²) >= 11 is 5.78. The Kier molecular flexibility index (Phi) is 3.96. The number of piperidine rings is 1. The molecule has 0 saturated carbocycles. The van der Waals surface area contributed by atoms with E-state index in [-0.39, 0.29) is 19.5 Å². The zero-order chi connectivity index (χ0) is 14.0. The highest BCUT2D eigenvalue weighted by atomic mass is 35.5. The van der Waals surface area contributed by atoms with Crippen LogP contribution in [0.15, 0.2) is 24.3 Å². The molecule has 2 unspecified atom stereocenters. The molecule has 0 aromatic heterocycles. The van der Waals surface area contributed by atoms with Gasteiger partial charge in [-0.2, -0.15) is 0 Å². The summed E-state index contributed by atoms with van der Waals surface area (Å²) in [5.41, 5.74) is -0.887. The van der Waals surface area contributed by atoms with E-state index in [1.165, 1.54) is 0 Å². The molecule has 1 aliphatic heterocycles. The van der Waals surface area contributed by atoms with Gasteiger partial charge >= 0.3 is 6.16 Å². The van der Waals surface area contributed by atoms with E-state index < -0.39 is 17.9 Å². The van der Waals surface area contributed by atoms with Crippen LogP contribution in [0.4, 0.5) is 4.79 Å². The van der Waals surface area contributed by atoms with Crippen molar-refractivity contribution in [2.45, 2.75) is 18.1 Å². The second-order valence-corrected chi connectivity index (χ2v) is 4.88. The Bertz CT molecular complexity index is 466. The van der Waals surface area contributed by atoms with Crippen LogP contribution in [0.5, 0.6) is 0 Å². The van der Waals surface area contributed by atoms with Crippen molar-refractivity contribution < 1.29 is 25.0 Å². The molecule has 1 heterocycles. The number of aliphatic hydroxyl groups excluding tert-OH is 1. The molecule has 0 bridgehead atoms. The molecule has 7 heteroatoms. The van der Waals surface area contributed by atoms with E-state index >= 15 is 0 Å². The van der Waals surface area contributed by atoms with Crippen LogP contribution >= 0.6 is 11.6 Å².